The van der Waals surface area contributed by atoms with Gasteiger partial charge < -0.3 is 4.98 Å². The number of benzene rings is 1. The number of fused-ring (bicyclic) bond motifs is 1. The van der Waals surface area contributed by atoms with Crippen LogP contribution in [-0.4, -0.2) is 22.1 Å². The predicted octanol–water partition coefficient (Wildman–Crippen LogP) is 2.96. The minimum absolute atomic E-state index is 0.0408. The van der Waals surface area contributed by atoms with Crippen molar-refractivity contribution >= 4 is 39.8 Å². The van der Waals surface area contributed by atoms with Gasteiger partial charge in [-0.25, -0.2) is 10.4 Å². The highest BCUT2D eigenvalue weighted by Crippen LogP contribution is 2.25. The molecule has 3 rings (SSSR count). The lowest BCUT2D eigenvalue weighted by Gasteiger charge is -2.00. The minimum atomic E-state index is -0.345. The number of allylic oxidation sites excluding steroid dienone is 1. The number of hydrazone groups is 1. The lowest BCUT2D eigenvalue weighted by molar-refractivity contribution is -0.120. The number of aromatic amines is 1. The Bertz CT molecular complexity index is 1050. The van der Waals surface area contributed by atoms with Gasteiger partial charge in [-0.1, -0.05) is 36.4 Å². The molecule has 0 bridgehead atoms. The number of thiophene rings is 1. The molecule has 7 heteroatoms. The maximum atomic E-state index is 12.2. The van der Waals surface area contributed by atoms with E-state index in [1.165, 1.54) is 17.6 Å². The Hall–Kier alpha value is -3.06. The van der Waals surface area contributed by atoms with Crippen molar-refractivity contribution in [1.29, 1.82) is 0 Å². The molecule has 3 aromatic rings. The molecule has 2 N–H and O–H groups in total. The molecule has 0 aliphatic carbocycles. The van der Waals surface area contributed by atoms with E-state index in [-0.39, 0.29) is 17.9 Å². The third kappa shape index (κ3) is 4.12. The summed E-state index contributed by atoms with van der Waals surface area (Å²) < 4.78 is 0. The third-order valence-corrected chi connectivity index (χ3v) is 4.96. The van der Waals surface area contributed by atoms with Crippen LogP contribution in [0.15, 0.2) is 46.3 Å². The van der Waals surface area contributed by atoms with Gasteiger partial charge in [-0.05, 0) is 31.1 Å². The van der Waals surface area contributed by atoms with Crippen molar-refractivity contribution < 1.29 is 4.79 Å². The van der Waals surface area contributed by atoms with E-state index in [2.05, 4.69) is 20.5 Å². The summed E-state index contributed by atoms with van der Waals surface area (Å²) in [5.41, 5.74) is 4.19. The predicted molar refractivity (Wildman–Crippen MR) is 106 cm³/mol. The van der Waals surface area contributed by atoms with Crippen LogP contribution in [0.1, 0.15) is 21.8 Å². The zero-order valence-electron chi connectivity index (χ0n) is 14.4. The molecule has 0 aliphatic rings. The van der Waals surface area contributed by atoms with E-state index in [0.29, 0.717) is 16.0 Å². The summed E-state index contributed by atoms with van der Waals surface area (Å²) in [5.74, 6) is -0.0156. The maximum absolute atomic E-state index is 12.2. The largest absolute Gasteiger partial charge is 0.309 e. The molecule has 0 fully saturated rings. The number of nitrogens with one attached hydrogen (secondary N) is 2. The summed E-state index contributed by atoms with van der Waals surface area (Å²) >= 11 is 1.45. The SMILES string of the molecule is Cc1sc2nc(CC(=O)N/N=C/C=C/c3ccccc3)[nH]c(=O)c2c1C. The fourth-order valence-corrected chi connectivity index (χ4v) is 3.49. The second kappa shape index (κ2) is 7.88. The molecule has 0 saturated carbocycles. The van der Waals surface area contributed by atoms with E-state index in [1.54, 1.807) is 6.08 Å². The summed E-state index contributed by atoms with van der Waals surface area (Å²) in [4.78, 5) is 32.9. The first-order valence-corrected chi connectivity index (χ1v) is 8.89. The number of nitrogens with zero attached hydrogens (tertiary/aromatic N) is 2. The van der Waals surface area contributed by atoms with Gasteiger partial charge in [0.05, 0.1) is 11.8 Å². The van der Waals surface area contributed by atoms with Crippen molar-refractivity contribution in [3.05, 3.63) is 68.6 Å². The number of aromatic nitrogens is 2. The van der Waals surface area contributed by atoms with Gasteiger partial charge in [0.2, 0.25) is 5.91 Å². The van der Waals surface area contributed by atoms with Crippen LogP contribution < -0.4 is 11.0 Å². The summed E-state index contributed by atoms with van der Waals surface area (Å²) in [6.45, 7) is 3.85. The molecule has 0 atom stereocenters. The molecular weight excluding hydrogens is 348 g/mol. The van der Waals surface area contributed by atoms with Crippen LogP contribution in [0.3, 0.4) is 0 Å². The molecule has 26 heavy (non-hydrogen) atoms. The number of hydrogen-bond acceptors (Lipinski definition) is 5. The van der Waals surface area contributed by atoms with Crippen molar-refractivity contribution in [3.8, 4) is 0 Å². The fraction of sp³-hybridized carbons (Fsp3) is 0.158. The van der Waals surface area contributed by atoms with Crippen molar-refractivity contribution in [2.45, 2.75) is 20.3 Å². The van der Waals surface area contributed by atoms with Crippen molar-refractivity contribution in [2.75, 3.05) is 0 Å². The number of aryl methyl sites for hydroxylation is 2. The van der Waals surface area contributed by atoms with Gasteiger partial charge in [-0.15, -0.1) is 11.3 Å². The van der Waals surface area contributed by atoms with Gasteiger partial charge in [-0.3, -0.25) is 9.59 Å². The average molecular weight is 366 g/mol. The second-order valence-corrected chi connectivity index (χ2v) is 6.94. The quantitative estimate of drug-likeness (QED) is 0.538. The van der Waals surface area contributed by atoms with E-state index >= 15 is 0 Å². The Morgan fingerprint density at radius 2 is 2.08 bits per heavy atom. The maximum Gasteiger partial charge on any atom is 0.259 e. The van der Waals surface area contributed by atoms with Crippen LogP contribution in [-0.2, 0) is 11.2 Å². The fourth-order valence-electron chi connectivity index (χ4n) is 2.45. The lowest BCUT2D eigenvalue weighted by atomic mass is 10.2. The summed E-state index contributed by atoms with van der Waals surface area (Å²) in [7, 11) is 0. The summed E-state index contributed by atoms with van der Waals surface area (Å²) in [5, 5.41) is 4.45. The molecule has 0 radical (unpaired) electrons. The number of carbonyl (C=O) groups is 1. The Balaban J connectivity index is 1.61. The lowest BCUT2D eigenvalue weighted by Crippen LogP contribution is -2.22. The zero-order chi connectivity index (χ0) is 18.5. The molecule has 0 saturated heterocycles. The van der Waals surface area contributed by atoms with Crippen LogP contribution >= 0.6 is 11.3 Å². The molecule has 1 amide bonds. The Labute approximate surface area is 154 Å². The van der Waals surface area contributed by atoms with Crippen LogP contribution in [0.25, 0.3) is 16.3 Å². The second-order valence-electron chi connectivity index (χ2n) is 5.74. The number of rotatable bonds is 5. The molecule has 6 nitrogen and oxygen atoms in total. The van der Waals surface area contributed by atoms with Crippen LogP contribution in [0.4, 0.5) is 0 Å². The van der Waals surface area contributed by atoms with Gasteiger partial charge in [0, 0.05) is 11.1 Å². The van der Waals surface area contributed by atoms with Crippen LogP contribution in [0.2, 0.25) is 0 Å². The van der Waals surface area contributed by atoms with Crippen LogP contribution in [0.5, 0.6) is 0 Å². The third-order valence-electron chi connectivity index (χ3n) is 3.85. The molecule has 0 spiro atoms. The van der Waals surface area contributed by atoms with E-state index < -0.39 is 0 Å². The topological polar surface area (TPSA) is 87.2 Å². The highest BCUT2D eigenvalue weighted by molar-refractivity contribution is 7.18. The van der Waals surface area contributed by atoms with Crippen molar-refractivity contribution in [2.24, 2.45) is 5.10 Å². The smallest absolute Gasteiger partial charge is 0.259 e. The first-order chi connectivity index (χ1) is 12.5. The minimum Gasteiger partial charge on any atom is -0.309 e. The number of hydrogen-bond donors (Lipinski definition) is 2. The summed E-state index contributed by atoms with van der Waals surface area (Å²) in [6, 6.07) is 9.77. The van der Waals surface area contributed by atoms with Gasteiger partial charge >= 0.3 is 0 Å². The Morgan fingerprint density at radius 1 is 1.31 bits per heavy atom. The van der Waals surface area contributed by atoms with Gasteiger partial charge in [0.1, 0.15) is 10.7 Å². The molecule has 0 aliphatic heterocycles. The first-order valence-electron chi connectivity index (χ1n) is 8.07. The number of H-pyrrole nitrogens is 1. The van der Waals surface area contributed by atoms with Crippen molar-refractivity contribution in [1.82, 2.24) is 15.4 Å². The number of carbonyl (C=O) groups excluding carboxylic acids is 1. The van der Waals surface area contributed by atoms with E-state index in [1.807, 2.05) is 50.3 Å². The molecule has 2 aromatic heterocycles. The van der Waals surface area contributed by atoms with Crippen molar-refractivity contribution in [3.63, 3.8) is 0 Å². The summed E-state index contributed by atoms with van der Waals surface area (Å²) in [6.07, 6.45) is 5.07. The normalized spacial score (nSPS) is 11.6. The van der Waals surface area contributed by atoms with Gasteiger partial charge in [-0.2, -0.15) is 5.10 Å². The standard InChI is InChI=1S/C19H18N4O2S/c1-12-13(2)26-19-17(12)18(25)21-15(22-19)11-16(24)23-20-10-6-9-14-7-4-3-5-8-14/h3-10H,11H2,1-2H3,(H,23,24)(H,21,22,25)/b9-6+,20-10+. The van der Waals surface area contributed by atoms with Gasteiger partial charge in [0.15, 0.2) is 0 Å². The number of amides is 1. The van der Waals surface area contributed by atoms with E-state index in [4.69, 9.17) is 0 Å². The Morgan fingerprint density at radius 3 is 2.85 bits per heavy atom. The molecule has 132 valence electrons. The van der Waals surface area contributed by atoms with Crippen LogP contribution in [0, 0.1) is 13.8 Å². The first kappa shape index (κ1) is 17.8. The molecule has 2 heterocycles. The van der Waals surface area contributed by atoms with E-state index in [9.17, 15) is 9.59 Å². The van der Waals surface area contributed by atoms with E-state index in [0.717, 1.165) is 16.0 Å². The Kier molecular flexibility index (Phi) is 5.38. The highest BCUT2D eigenvalue weighted by Gasteiger charge is 2.13. The zero-order valence-corrected chi connectivity index (χ0v) is 15.3. The molecule has 1 aromatic carbocycles. The monoisotopic (exact) mass is 366 g/mol. The molecule has 0 unspecified atom stereocenters. The molecular formula is C19H18N4O2S. The van der Waals surface area contributed by atoms with Gasteiger partial charge in [0.25, 0.3) is 5.56 Å². The average Bonchev–Trinajstić information content (AvgIpc) is 2.90. The highest BCUT2D eigenvalue weighted by atomic mass is 32.1.